The molecular weight excluding hydrogens is 636 g/mol. The van der Waals surface area contributed by atoms with E-state index in [0.717, 1.165) is 41.4 Å². The lowest BCUT2D eigenvalue weighted by molar-refractivity contribution is -0.139. The van der Waals surface area contributed by atoms with Gasteiger partial charge in [-0.3, -0.25) is 4.79 Å². The number of para-hydroxylation sites is 2. The fourth-order valence-electron chi connectivity index (χ4n) is 8.42. The normalized spacial score (nSPS) is 22.4. The zero-order valence-electron chi connectivity index (χ0n) is 27.8. The third-order valence-corrected chi connectivity index (χ3v) is 10.3. The lowest BCUT2D eigenvalue weighted by Crippen LogP contribution is -2.61. The molecule has 3 aromatic carbocycles. The molecule has 1 atom stereocenters. The number of nitrogens with one attached hydrogen (secondary N) is 4. The third kappa shape index (κ3) is 7.74. The number of H-pyrrole nitrogens is 1. The molecule has 1 unspecified atom stereocenters. The van der Waals surface area contributed by atoms with E-state index in [0.29, 0.717) is 35.7 Å². The Morgan fingerprint density at radius 3 is 2.18 bits per heavy atom. The van der Waals surface area contributed by atoms with Crippen molar-refractivity contribution in [1.29, 1.82) is 0 Å². The van der Waals surface area contributed by atoms with Crippen molar-refractivity contribution in [2.24, 2.45) is 17.8 Å². The number of alkyl carbamates (subject to hydrolysis) is 1. The molecule has 0 aliphatic heterocycles. The van der Waals surface area contributed by atoms with E-state index in [9.17, 15) is 24.3 Å². The topological polar surface area (TPSA) is 166 Å². The van der Waals surface area contributed by atoms with Crippen LogP contribution in [0.15, 0.2) is 78.9 Å². The summed E-state index contributed by atoms with van der Waals surface area (Å²) in [6, 6.07) is 22.1. The summed E-state index contributed by atoms with van der Waals surface area (Å²) in [5.74, 6) is 0.959. The van der Waals surface area contributed by atoms with Crippen molar-refractivity contribution in [2.75, 3.05) is 6.54 Å². The fourth-order valence-corrected chi connectivity index (χ4v) is 8.42. The van der Waals surface area contributed by atoms with E-state index in [1.807, 2.05) is 30.3 Å². The van der Waals surface area contributed by atoms with Crippen LogP contribution in [0.25, 0.3) is 11.0 Å². The number of carboxylic acids is 1. The first-order chi connectivity index (χ1) is 24.2. The van der Waals surface area contributed by atoms with Gasteiger partial charge in [-0.2, -0.15) is 0 Å². The van der Waals surface area contributed by atoms with Crippen LogP contribution in [0.1, 0.15) is 65.8 Å². The van der Waals surface area contributed by atoms with E-state index >= 15 is 0 Å². The number of amides is 4. The number of urea groups is 1. The first-order valence-electron chi connectivity index (χ1n) is 17.3. The van der Waals surface area contributed by atoms with Crippen LogP contribution in [0.2, 0.25) is 0 Å². The summed E-state index contributed by atoms with van der Waals surface area (Å²) in [6.45, 7) is 0.225. The number of aromatic amines is 1. The lowest BCUT2D eigenvalue weighted by Gasteiger charge is -2.57. The second-order valence-corrected chi connectivity index (χ2v) is 14.2. The SMILES string of the molecule is O=C(NC(CNC(=O)c1ccc(CN(Cc2nc3ccccc3[nH]2)C(=O)NC23CC4CC(CC(C4)C2)C3)cc1)C(=O)O)OCc1ccccc1. The maximum atomic E-state index is 14.0. The van der Waals surface area contributed by atoms with E-state index < -0.39 is 24.0 Å². The van der Waals surface area contributed by atoms with Gasteiger partial charge in [0.1, 0.15) is 18.5 Å². The van der Waals surface area contributed by atoms with Crippen molar-refractivity contribution < 1.29 is 29.0 Å². The number of hydrogen-bond acceptors (Lipinski definition) is 6. The van der Waals surface area contributed by atoms with E-state index in [-0.39, 0.29) is 31.3 Å². The number of carbonyl (C=O) groups excluding carboxylic acids is 3. The highest BCUT2D eigenvalue weighted by Crippen LogP contribution is 2.55. The molecule has 4 aliphatic rings. The molecule has 4 fully saturated rings. The quantitative estimate of drug-likeness (QED) is 0.135. The van der Waals surface area contributed by atoms with Gasteiger partial charge in [-0.05, 0) is 91.7 Å². The van der Waals surface area contributed by atoms with Crippen LogP contribution in [0.3, 0.4) is 0 Å². The van der Waals surface area contributed by atoms with Gasteiger partial charge in [0.25, 0.3) is 5.91 Å². The number of hydrogen-bond donors (Lipinski definition) is 5. The van der Waals surface area contributed by atoms with Crippen LogP contribution < -0.4 is 16.0 Å². The van der Waals surface area contributed by atoms with E-state index in [1.165, 1.54) is 19.3 Å². The minimum Gasteiger partial charge on any atom is -0.480 e. The summed E-state index contributed by atoms with van der Waals surface area (Å²) < 4.78 is 5.12. The molecule has 260 valence electrons. The Bertz CT molecular complexity index is 1790. The summed E-state index contributed by atoms with van der Waals surface area (Å²) >= 11 is 0. The van der Waals surface area contributed by atoms with Crippen molar-refractivity contribution in [1.82, 2.24) is 30.8 Å². The largest absolute Gasteiger partial charge is 0.480 e. The molecule has 5 N–H and O–H groups in total. The molecule has 8 rings (SSSR count). The number of fused-ring (bicyclic) bond motifs is 1. The fraction of sp³-hybridized carbons (Fsp3) is 0.395. The maximum absolute atomic E-state index is 14.0. The van der Waals surface area contributed by atoms with Gasteiger partial charge >= 0.3 is 18.1 Å². The average molecular weight is 679 g/mol. The second-order valence-electron chi connectivity index (χ2n) is 14.2. The molecule has 4 aliphatic carbocycles. The van der Waals surface area contributed by atoms with Crippen molar-refractivity contribution in [2.45, 2.75) is 69.8 Å². The van der Waals surface area contributed by atoms with Crippen molar-refractivity contribution >= 4 is 35.0 Å². The predicted molar refractivity (Wildman–Crippen MR) is 185 cm³/mol. The molecule has 4 amide bonds. The summed E-state index contributed by atoms with van der Waals surface area (Å²) in [5.41, 5.74) is 3.48. The van der Waals surface area contributed by atoms with Gasteiger partial charge in [0.2, 0.25) is 0 Å². The zero-order valence-corrected chi connectivity index (χ0v) is 27.8. The van der Waals surface area contributed by atoms with Gasteiger partial charge in [0, 0.05) is 24.2 Å². The molecule has 50 heavy (non-hydrogen) atoms. The monoisotopic (exact) mass is 678 g/mol. The van der Waals surface area contributed by atoms with Crippen LogP contribution in [-0.2, 0) is 29.2 Å². The average Bonchev–Trinajstić information content (AvgIpc) is 3.51. The van der Waals surface area contributed by atoms with Crippen LogP contribution in [0.4, 0.5) is 9.59 Å². The molecule has 4 saturated carbocycles. The van der Waals surface area contributed by atoms with Crippen LogP contribution in [0.5, 0.6) is 0 Å². The molecule has 12 heteroatoms. The maximum Gasteiger partial charge on any atom is 0.408 e. The molecule has 4 bridgehead atoms. The highest BCUT2D eigenvalue weighted by Gasteiger charge is 2.51. The first-order valence-corrected chi connectivity index (χ1v) is 17.3. The summed E-state index contributed by atoms with van der Waals surface area (Å²) in [7, 11) is 0. The van der Waals surface area contributed by atoms with Gasteiger partial charge in [-0.25, -0.2) is 19.4 Å². The minimum absolute atomic E-state index is 0.0165. The number of nitrogens with zero attached hydrogens (tertiary/aromatic N) is 2. The predicted octanol–water partition coefficient (Wildman–Crippen LogP) is 5.35. The van der Waals surface area contributed by atoms with Gasteiger partial charge in [-0.1, -0.05) is 54.6 Å². The molecular formula is C38H42N6O6. The number of imidazole rings is 1. The molecule has 12 nitrogen and oxygen atoms in total. The number of carboxylic acid groups (broad SMARTS) is 1. The summed E-state index contributed by atoms with van der Waals surface area (Å²) in [6.07, 6.45) is 6.07. The highest BCUT2D eigenvalue weighted by atomic mass is 16.5. The second kappa shape index (κ2) is 14.2. The van der Waals surface area contributed by atoms with Gasteiger partial charge in [0.05, 0.1) is 17.6 Å². The standard InChI is InChI=1S/C38H42N6O6/c45-34(39-20-32(35(46)47)42-37(49)50-23-25-6-2-1-3-7-25)29-12-10-24(11-13-29)21-44(22-33-40-30-8-4-5-9-31(30)41-33)36(48)43-38-17-26-14-27(18-38)16-28(15-26)19-38/h1-13,26-28,32H,14-23H2,(H,39,45)(H,40,41)(H,42,49)(H,43,48)(H,46,47). The van der Waals surface area contributed by atoms with Gasteiger partial charge < -0.3 is 35.7 Å². The Morgan fingerprint density at radius 2 is 1.52 bits per heavy atom. The molecule has 1 aromatic heterocycles. The Labute approximate surface area is 290 Å². The van der Waals surface area contributed by atoms with Crippen LogP contribution in [0, 0.1) is 17.8 Å². The zero-order chi connectivity index (χ0) is 34.7. The Kier molecular flexibility index (Phi) is 9.42. The van der Waals surface area contributed by atoms with Crippen molar-refractivity contribution in [3.63, 3.8) is 0 Å². The van der Waals surface area contributed by atoms with Crippen molar-refractivity contribution in [3.8, 4) is 0 Å². The number of aliphatic carboxylic acids is 1. The number of rotatable bonds is 12. The minimum atomic E-state index is -1.39. The summed E-state index contributed by atoms with van der Waals surface area (Å²) in [4.78, 5) is 60.8. The van der Waals surface area contributed by atoms with E-state index in [2.05, 4.69) is 20.9 Å². The van der Waals surface area contributed by atoms with Crippen LogP contribution in [-0.4, -0.2) is 62.1 Å². The first kappa shape index (κ1) is 33.1. The third-order valence-electron chi connectivity index (χ3n) is 10.3. The Morgan fingerprint density at radius 1 is 0.860 bits per heavy atom. The number of aromatic nitrogens is 2. The molecule has 0 radical (unpaired) electrons. The molecule has 4 aromatic rings. The molecule has 1 heterocycles. The Hall–Kier alpha value is -5.39. The van der Waals surface area contributed by atoms with E-state index in [4.69, 9.17) is 9.72 Å². The Balaban J connectivity index is 0.983. The van der Waals surface area contributed by atoms with Gasteiger partial charge in [-0.15, -0.1) is 0 Å². The number of carbonyl (C=O) groups is 4. The lowest BCUT2D eigenvalue weighted by atomic mass is 9.53. The van der Waals surface area contributed by atoms with Gasteiger partial charge in [0.15, 0.2) is 0 Å². The van der Waals surface area contributed by atoms with Crippen LogP contribution >= 0.6 is 0 Å². The smallest absolute Gasteiger partial charge is 0.408 e. The summed E-state index contributed by atoms with van der Waals surface area (Å²) in [5, 5.41) is 18.0. The molecule has 0 spiro atoms. The molecule has 0 saturated heterocycles. The number of benzene rings is 3. The van der Waals surface area contributed by atoms with E-state index in [1.54, 1.807) is 53.4 Å². The number of ether oxygens (including phenoxy) is 1. The van der Waals surface area contributed by atoms with Crippen molar-refractivity contribution in [3.05, 3.63) is 101 Å². The highest BCUT2D eigenvalue weighted by molar-refractivity contribution is 5.94.